The van der Waals surface area contributed by atoms with Gasteiger partial charge in [-0.15, -0.1) is 0 Å². The molecule has 1 aromatic rings. The molecule has 7 heteroatoms. The van der Waals surface area contributed by atoms with Crippen molar-refractivity contribution in [3.63, 3.8) is 0 Å². The van der Waals surface area contributed by atoms with Crippen LogP contribution < -0.4 is 21.1 Å². The lowest BCUT2D eigenvalue weighted by Crippen LogP contribution is -2.33. The Bertz CT molecular complexity index is 369. The van der Waals surface area contributed by atoms with E-state index in [1.54, 1.807) is 12.3 Å². The van der Waals surface area contributed by atoms with Gasteiger partial charge in [-0.3, -0.25) is 0 Å². The number of rotatable bonds is 6. The number of anilines is 1. The number of hydrogen-bond acceptors (Lipinski definition) is 5. The fourth-order valence-electron chi connectivity index (χ4n) is 1.09. The molecule has 4 N–H and O–H groups in total. The van der Waals surface area contributed by atoms with Gasteiger partial charge in [0.2, 0.25) is 11.8 Å². The Morgan fingerprint density at radius 1 is 1.53 bits per heavy atom. The minimum absolute atomic E-state index is 0.0641. The lowest BCUT2D eigenvalue weighted by Gasteiger charge is -2.10. The molecule has 0 spiro atoms. The van der Waals surface area contributed by atoms with E-state index >= 15 is 0 Å². The normalized spacial score (nSPS) is 10.1. The molecule has 0 saturated heterocycles. The molecule has 0 aromatic carbocycles. The summed E-state index contributed by atoms with van der Waals surface area (Å²) < 4.78 is 5.42. The second kappa shape index (κ2) is 6.51. The molecule has 0 aliphatic carbocycles. The van der Waals surface area contributed by atoms with E-state index in [2.05, 4.69) is 20.6 Å². The van der Waals surface area contributed by atoms with Crippen LogP contribution >= 0.6 is 0 Å². The van der Waals surface area contributed by atoms with Gasteiger partial charge in [0.1, 0.15) is 0 Å². The molecule has 0 aliphatic rings. The first kappa shape index (κ1) is 13.0. The molecule has 94 valence electrons. The van der Waals surface area contributed by atoms with Gasteiger partial charge < -0.3 is 21.1 Å². The van der Waals surface area contributed by atoms with Crippen LogP contribution in [0.5, 0.6) is 5.88 Å². The van der Waals surface area contributed by atoms with Crippen molar-refractivity contribution in [2.24, 2.45) is 5.73 Å². The Morgan fingerprint density at radius 3 is 2.94 bits per heavy atom. The standard InChI is InChI=1S/C10H17N5O2/c1-7(2)17-8-3-4-13-10(15-8)14-6-5-12-9(11)16/h3-4,7H,5-6H2,1-2H3,(H3,11,12,16)(H,13,14,15). The number of carbonyl (C=O) groups excluding carboxylic acids is 1. The smallest absolute Gasteiger partial charge is 0.312 e. The summed E-state index contributed by atoms with van der Waals surface area (Å²) in [5.74, 6) is 0.967. The number of aromatic nitrogens is 2. The van der Waals surface area contributed by atoms with Crippen LogP contribution in [0.15, 0.2) is 12.3 Å². The SMILES string of the molecule is CC(C)Oc1ccnc(NCCNC(N)=O)n1. The minimum Gasteiger partial charge on any atom is -0.475 e. The van der Waals surface area contributed by atoms with Gasteiger partial charge in [-0.25, -0.2) is 9.78 Å². The van der Waals surface area contributed by atoms with Crippen LogP contribution in [0, 0.1) is 0 Å². The van der Waals surface area contributed by atoms with Gasteiger partial charge in [0.05, 0.1) is 6.10 Å². The van der Waals surface area contributed by atoms with Crippen LogP contribution in [0.25, 0.3) is 0 Å². The summed E-state index contributed by atoms with van der Waals surface area (Å²) in [7, 11) is 0. The predicted molar refractivity (Wildman–Crippen MR) is 63.9 cm³/mol. The van der Waals surface area contributed by atoms with Crippen molar-refractivity contribution in [2.75, 3.05) is 18.4 Å². The number of nitrogens with two attached hydrogens (primary N) is 1. The molecule has 0 radical (unpaired) electrons. The molecule has 0 fully saturated rings. The van der Waals surface area contributed by atoms with E-state index < -0.39 is 6.03 Å². The predicted octanol–water partition coefficient (Wildman–Crippen LogP) is 0.344. The zero-order chi connectivity index (χ0) is 12.7. The summed E-state index contributed by atoms with van der Waals surface area (Å²) in [6.07, 6.45) is 1.67. The van der Waals surface area contributed by atoms with Gasteiger partial charge in [-0.05, 0) is 13.8 Å². The number of amides is 2. The highest BCUT2D eigenvalue weighted by Crippen LogP contribution is 2.09. The largest absolute Gasteiger partial charge is 0.475 e. The van der Waals surface area contributed by atoms with Crippen LogP contribution in [-0.2, 0) is 0 Å². The maximum Gasteiger partial charge on any atom is 0.312 e. The fourth-order valence-corrected chi connectivity index (χ4v) is 1.09. The first-order valence-corrected chi connectivity index (χ1v) is 5.35. The van der Waals surface area contributed by atoms with Gasteiger partial charge in [-0.1, -0.05) is 0 Å². The second-order valence-corrected chi connectivity index (χ2v) is 3.60. The lowest BCUT2D eigenvalue weighted by molar-refractivity contribution is 0.232. The number of primary amides is 1. The van der Waals surface area contributed by atoms with Crippen molar-refractivity contribution in [1.82, 2.24) is 15.3 Å². The van der Waals surface area contributed by atoms with E-state index in [4.69, 9.17) is 10.5 Å². The molecule has 1 aromatic heterocycles. The maximum atomic E-state index is 10.4. The molecule has 2 amide bonds. The number of hydrogen-bond donors (Lipinski definition) is 3. The lowest BCUT2D eigenvalue weighted by atomic mass is 10.5. The summed E-state index contributed by atoms with van der Waals surface area (Å²) in [5, 5.41) is 5.39. The van der Waals surface area contributed by atoms with E-state index in [0.717, 1.165) is 0 Å². The van der Waals surface area contributed by atoms with Crippen molar-refractivity contribution in [1.29, 1.82) is 0 Å². The van der Waals surface area contributed by atoms with Gasteiger partial charge in [0, 0.05) is 25.4 Å². The Hall–Kier alpha value is -2.05. The first-order chi connectivity index (χ1) is 8.08. The van der Waals surface area contributed by atoms with Crippen molar-refractivity contribution in [2.45, 2.75) is 20.0 Å². The summed E-state index contributed by atoms with van der Waals surface area (Å²) in [5.41, 5.74) is 4.92. The van der Waals surface area contributed by atoms with Crippen LogP contribution in [-0.4, -0.2) is 35.2 Å². The van der Waals surface area contributed by atoms with Gasteiger partial charge >= 0.3 is 6.03 Å². The molecule has 0 saturated carbocycles. The molecule has 0 unspecified atom stereocenters. The molecular formula is C10H17N5O2. The third-order valence-electron chi connectivity index (χ3n) is 1.69. The third-order valence-corrected chi connectivity index (χ3v) is 1.69. The number of nitrogens with zero attached hydrogens (tertiary/aromatic N) is 2. The zero-order valence-electron chi connectivity index (χ0n) is 9.93. The monoisotopic (exact) mass is 239 g/mol. The number of carbonyl (C=O) groups is 1. The average Bonchev–Trinajstić information content (AvgIpc) is 2.24. The molecule has 1 heterocycles. The van der Waals surface area contributed by atoms with Crippen LogP contribution in [0.4, 0.5) is 10.7 Å². The van der Waals surface area contributed by atoms with E-state index in [1.165, 1.54) is 0 Å². The molecule has 0 atom stereocenters. The Kier molecular flexibility index (Phi) is 4.99. The van der Waals surface area contributed by atoms with Crippen LogP contribution in [0.2, 0.25) is 0 Å². The van der Waals surface area contributed by atoms with Gasteiger partial charge in [0.25, 0.3) is 0 Å². The third kappa shape index (κ3) is 5.55. The molecule has 17 heavy (non-hydrogen) atoms. The van der Waals surface area contributed by atoms with Crippen molar-refractivity contribution < 1.29 is 9.53 Å². The summed E-state index contributed by atoms with van der Waals surface area (Å²) in [6, 6.07) is 1.14. The summed E-state index contributed by atoms with van der Waals surface area (Å²) in [6.45, 7) is 4.75. The van der Waals surface area contributed by atoms with E-state index in [9.17, 15) is 4.79 Å². The van der Waals surface area contributed by atoms with Crippen LogP contribution in [0.1, 0.15) is 13.8 Å². The average molecular weight is 239 g/mol. The maximum absolute atomic E-state index is 10.4. The second-order valence-electron chi connectivity index (χ2n) is 3.60. The van der Waals surface area contributed by atoms with Crippen LogP contribution in [0.3, 0.4) is 0 Å². The van der Waals surface area contributed by atoms with Gasteiger partial charge in [-0.2, -0.15) is 4.98 Å². The molecule has 1 rings (SSSR count). The minimum atomic E-state index is -0.551. The summed E-state index contributed by atoms with van der Waals surface area (Å²) >= 11 is 0. The molecule has 0 aliphatic heterocycles. The van der Waals surface area contributed by atoms with E-state index in [1.807, 2.05) is 13.8 Å². The zero-order valence-corrected chi connectivity index (χ0v) is 9.93. The van der Waals surface area contributed by atoms with E-state index in [0.29, 0.717) is 24.9 Å². The van der Waals surface area contributed by atoms with Gasteiger partial charge in [0.15, 0.2) is 0 Å². The first-order valence-electron chi connectivity index (χ1n) is 5.35. The highest BCUT2D eigenvalue weighted by Gasteiger charge is 2.01. The summed E-state index contributed by atoms with van der Waals surface area (Å²) in [4.78, 5) is 18.6. The highest BCUT2D eigenvalue weighted by atomic mass is 16.5. The quantitative estimate of drug-likeness (QED) is 0.621. The Balaban J connectivity index is 2.40. The number of urea groups is 1. The number of nitrogens with one attached hydrogen (secondary N) is 2. The Morgan fingerprint density at radius 2 is 2.29 bits per heavy atom. The van der Waals surface area contributed by atoms with E-state index in [-0.39, 0.29) is 6.10 Å². The highest BCUT2D eigenvalue weighted by molar-refractivity contribution is 5.71. The molecular weight excluding hydrogens is 222 g/mol. The number of ether oxygens (including phenoxy) is 1. The van der Waals surface area contributed by atoms with Crippen molar-refractivity contribution in [3.05, 3.63) is 12.3 Å². The van der Waals surface area contributed by atoms with Crippen molar-refractivity contribution in [3.8, 4) is 5.88 Å². The van der Waals surface area contributed by atoms with Crippen molar-refractivity contribution >= 4 is 12.0 Å². The molecule has 0 bridgehead atoms. The molecule has 7 nitrogen and oxygen atoms in total. The topological polar surface area (TPSA) is 102 Å². The Labute approximate surface area is 99.8 Å². The fraction of sp³-hybridized carbons (Fsp3) is 0.500.